The van der Waals surface area contributed by atoms with Crippen LogP contribution in [0.3, 0.4) is 0 Å². The molecule has 0 fully saturated rings. The lowest BCUT2D eigenvalue weighted by molar-refractivity contribution is 0.322. The zero-order chi connectivity index (χ0) is 13.1. The molecule has 0 aromatic carbocycles. The van der Waals surface area contributed by atoms with Crippen LogP contribution < -0.4 is 0 Å². The van der Waals surface area contributed by atoms with Crippen molar-refractivity contribution >= 4 is 25.5 Å². The van der Waals surface area contributed by atoms with Crippen molar-refractivity contribution in [2.24, 2.45) is 0 Å². The number of hydrogen-bond acceptors (Lipinski definition) is 3. The third-order valence-corrected chi connectivity index (χ3v) is 6.39. The molecule has 1 aliphatic carbocycles. The lowest BCUT2D eigenvalue weighted by Gasteiger charge is -2.39. The Bertz CT molecular complexity index is 309. The predicted octanol–water partition coefficient (Wildman–Crippen LogP) is 3.60. The first-order chi connectivity index (χ1) is 7.86. The van der Waals surface area contributed by atoms with Crippen LogP contribution in [0.1, 0.15) is 26.2 Å². The fraction of sp³-hybridized carbons (Fsp3) is 0.769. The topological polar surface area (TPSA) is 12.5 Å². The van der Waals surface area contributed by atoms with E-state index in [4.69, 9.17) is 17.0 Å². The molecule has 1 unspecified atom stereocenters. The summed E-state index contributed by atoms with van der Waals surface area (Å²) in [6, 6.07) is 0.690. The first kappa shape index (κ1) is 14.9. The second-order valence-corrected chi connectivity index (χ2v) is 11.1. The highest BCUT2D eigenvalue weighted by Gasteiger charge is 2.28. The summed E-state index contributed by atoms with van der Waals surface area (Å²) in [6.07, 6.45) is 5.67. The molecule has 98 valence electrons. The molecule has 0 saturated carbocycles. The van der Waals surface area contributed by atoms with Gasteiger partial charge in [0.1, 0.15) is 8.24 Å². The third-order valence-electron chi connectivity index (χ3n) is 3.53. The summed E-state index contributed by atoms with van der Waals surface area (Å²) >= 11 is 5.26. The molecule has 0 amide bonds. The molecule has 0 radical (unpaired) electrons. The Labute approximate surface area is 112 Å². The molecule has 0 N–H and O–H groups in total. The molecule has 1 rings (SSSR count). The number of nitrogens with zero attached hydrogens (tertiary/aromatic N) is 1. The number of thiocarbonyl (C=S) groups is 1. The van der Waals surface area contributed by atoms with Gasteiger partial charge in [0.2, 0.25) is 0 Å². The van der Waals surface area contributed by atoms with Gasteiger partial charge >= 0.3 is 0 Å². The molecular formula is C13H25NOSSi. The van der Waals surface area contributed by atoms with Crippen molar-refractivity contribution in [3.8, 4) is 0 Å². The Morgan fingerprint density at radius 3 is 2.59 bits per heavy atom. The molecule has 0 aromatic heterocycles. The van der Waals surface area contributed by atoms with Gasteiger partial charge in [-0.3, -0.25) is 0 Å². The van der Waals surface area contributed by atoms with E-state index >= 15 is 0 Å². The van der Waals surface area contributed by atoms with Crippen molar-refractivity contribution in [1.82, 2.24) is 4.57 Å². The maximum absolute atomic E-state index is 5.40. The fourth-order valence-electron chi connectivity index (χ4n) is 2.13. The Kier molecular flexibility index (Phi) is 5.35. The van der Waals surface area contributed by atoms with Crippen molar-refractivity contribution in [1.29, 1.82) is 0 Å². The standard InChI is InChI=1S/C13H25NOSSi/c1-6-15-13(16)11-7-9-12(10-8-11)14(2)17(3,4)5/h7,12H,6,8-10H2,1-5H3. The van der Waals surface area contributed by atoms with Gasteiger partial charge in [0.15, 0.2) is 5.05 Å². The smallest absolute Gasteiger partial charge is 0.186 e. The van der Waals surface area contributed by atoms with E-state index in [0.29, 0.717) is 17.7 Å². The summed E-state index contributed by atoms with van der Waals surface area (Å²) in [6.45, 7) is 9.86. The van der Waals surface area contributed by atoms with Crippen LogP contribution in [0, 0.1) is 0 Å². The first-order valence-electron chi connectivity index (χ1n) is 6.45. The van der Waals surface area contributed by atoms with Crippen LogP contribution in [0.2, 0.25) is 19.6 Å². The van der Waals surface area contributed by atoms with Crippen molar-refractivity contribution in [2.45, 2.75) is 51.9 Å². The molecule has 0 saturated heterocycles. The Morgan fingerprint density at radius 1 is 1.53 bits per heavy atom. The van der Waals surface area contributed by atoms with E-state index in [9.17, 15) is 0 Å². The average molecular weight is 272 g/mol. The average Bonchev–Trinajstić information content (AvgIpc) is 2.27. The normalized spacial score (nSPS) is 21.3. The van der Waals surface area contributed by atoms with E-state index < -0.39 is 8.24 Å². The molecule has 2 nitrogen and oxygen atoms in total. The molecule has 0 spiro atoms. The fourth-order valence-corrected chi connectivity index (χ4v) is 3.76. The molecule has 0 heterocycles. The number of rotatable bonds is 4. The summed E-state index contributed by atoms with van der Waals surface area (Å²) < 4.78 is 8.00. The second-order valence-electron chi connectivity index (χ2n) is 5.66. The number of hydrogen-bond donors (Lipinski definition) is 0. The molecule has 0 bridgehead atoms. The maximum Gasteiger partial charge on any atom is 0.186 e. The van der Waals surface area contributed by atoms with Crippen LogP contribution in [0.5, 0.6) is 0 Å². The highest BCUT2D eigenvalue weighted by atomic mass is 32.1. The largest absolute Gasteiger partial charge is 0.483 e. The minimum absolute atomic E-state index is 0.675. The second kappa shape index (κ2) is 6.11. The van der Waals surface area contributed by atoms with Crippen LogP contribution in [-0.2, 0) is 4.74 Å². The molecule has 0 aromatic rings. The van der Waals surface area contributed by atoms with Gasteiger partial charge in [-0.05, 0) is 45.5 Å². The van der Waals surface area contributed by atoms with Crippen molar-refractivity contribution in [3.63, 3.8) is 0 Å². The van der Waals surface area contributed by atoms with Gasteiger partial charge in [0, 0.05) is 11.6 Å². The summed E-state index contributed by atoms with van der Waals surface area (Å²) in [5.41, 5.74) is 1.24. The van der Waals surface area contributed by atoms with Gasteiger partial charge in [0.05, 0.1) is 6.61 Å². The molecule has 4 heteroatoms. The van der Waals surface area contributed by atoms with E-state index in [1.54, 1.807) is 0 Å². The zero-order valence-corrected chi connectivity index (χ0v) is 13.6. The van der Waals surface area contributed by atoms with Crippen LogP contribution in [0.4, 0.5) is 0 Å². The minimum Gasteiger partial charge on any atom is -0.483 e. The van der Waals surface area contributed by atoms with E-state index in [1.807, 2.05) is 6.92 Å². The van der Waals surface area contributed by atoms with E-state index in [-0.39, 0.29) is 0 Å². The van der Waals surface area contributed by atoms with Crippen LogP contribution >= 0.6 is 12.2 Å². The van der Waals surface area contributed by atoms with Gasteiger partial charge in [-0.15, -0.1) is 0 Å². The lowest BCUT2D eigenvalue weighted by atomic mass is 9.96. The van der Waals surface area contributed by atoms with Gasteiger partial charge in [-0.1, -0.05) is 25.7 Å². The highest BCUT2D eigenvalue weighted by molar-refractivity contribution is 7.80. The van der Waals surface area contributed by atoms with Crippen LogP contribution in [-0.4, -0.2) is 37.5 Å². The summed E-state index contributed by atoms with van der Waals surface area (Å²) in [7, 11) is 1.10. The van der Waals surface area contributed by atoms with E-state index in [2.05, 4.69) is 37.3 Å². The summed E-state index contributed by atoms with van der Waals surface area (Å²) in [5.74, 6) is 0. The Hall–Kier alpha value is -0.193. The first-order valence-corrected chi connectivity index (χ1v) is 10.3. The minimum atomic E-state index is -1.17. The summed E-state index contributed by atoms with van der Waals surface area (Å²) in [5, 5.41) is 0.710. The summed E-state index contributed by atoms with van der Waals surface area (Å²) in [4.78, 5) is 0. The van der Waals surface area contributed by atoms with E-state index in [0.717, 1.165) is 12.8 Å². The van der Waals surface area contributed by atoms with Crippen molar-refractivity contribution < 1.29 is 4.74 Å². The third kappa shape index (κ3) is 4.19. The SMILES string of the molecule is CCOC(=S)C1=CCC(N(C)[Si](C)(C)C)CC1. The quantitative estimate of drug-likeness (QED) is 0.573. The predicted molar refractivity (Wildman–Crippen MR) is 81.1 cm³/mol. The van der Waals surface area contributed by atoms with Crippen LogP contribution in [0.15, 0.2) is 11.6 Å². The molecule has 1 atom stereocenters. The number of ether oxygens (including phenoxy) is 1. The van der Waals surface area contributed by atoms with Crippen LogP contribution in [0.25, 0.3) is 0 Å². The maximum atomic E-state index is 5.40. The van der Waals surface area contributed by atoms with E-state index in [1.165, 1.54) is 12.0 Å². The highest BCUT2D eigenvalue weighted by Crippen LogP contribution is 2.26. The lowest BCUT2D eigenvalue weighted by Crippen LogP contribution is -2.49. The van der Waals surface area contributed by atoms with Crippen molar-refractivity contribution in [2.75, 3.05) is 13.7 Å². The Morgan fingerprint density at radius 2 is 2.18 bits per heavy atom. The molecule has 0 aliphatic heterocycles. The molecule has 1 aliphatic rings. The molecular weight excluding hydrogens is 246 g/mol. The Balaban J connectivity index is 2.57. The van der Waals surface area contributed by atoms with Gasteiger partial charge < -0.3 is 9.30 Å². The van der Waals surface area contributed by atoms with Crippen molar-refractivity contribution in [3.05, 3.63) is 11.6 Å². The monoisotopic (exact) mass is 271 g/mol. The molecule has 17 heavy (non-hydrogen) atoms. The van der Waals surface area contributed by atoms with Gasteiger partial charge in [0.25, 0.3) is 0 Å². The van der Waals surface area contributed by atoms with Gasteiger partial charge in [-0.2, -0.15) is 0 Å². The van der Waals surface area contributed by atoms with Gasteiger partial charge in [-0.25, -0.2) is 0 Å². The zero-order valence-electron chi connectivity index (χ0n) is 11.7.